The monoisotopic (exact) mass is 401 g/mol. The van der Waals surface area contributed by atoms with Crippen molar-refractivity contribution >= 4 is 40.9 Å². The number of ether oxygens (including phenoxy) is 1. The second kappa shape index (κ2) is 8.80. The molecule has 0 bridgehead atoms. The van der Waals surface area contributed by atoms with Gasteiger partial charge in [-0.2, -0.15) is 0 Å². The summed E-state index contributed by atoms with van der Waals surface area (Å²) in [5, 5.41) is 3.83. The maximum absolute atomic E-state index is 12.1. The van der Waals surface area contributed by atoms with Crippen LogP contribution < -0.4 is 10.1 Å². The van der Waals surface area contributed by atoms with Crippen molar-refractivity contribution in [2.24, 2.45) is 0 Å². The van der Waals surface area contributed by atoms with Gasteiger partial charge in [0.2, 0.25) is 5.91 Å². The highest BCUT2D eigenvalue weighted by molar-refractivity contribution is 6.36. The Kier molecular flexibility index (Phi) is 6.22. The Balaban J connectivity index is 1.64. The highest BCUT2D eigenvalue weighted by Gasteiger charge is 2.08. The minimum atomic E-state index is -0.262. The molecular weight excluding hydrogens is 385 g/mol. The first kappa shape index (κ1) is 19.1. The van der Waals surface area contributed by atoms with E-state index in [1.54, 1.807) is 60.7 Å². The van der Waals surface area contributed by atoms with Crippen LogP contribution in [0, 0.1) is 0 Å². The molecule has 3 aromatic rings. The standard InChI is InChI=1S/C21H17Cl2NO3/c1-2-26-16-6-4-15(5-7-16)24-21(25)12-9-17-8-11-20(27-17)18-10-3-14(22)13-19(18)23/h3-13H,2H2,1H3,(H,24,25)/b12-9+. The molecule has 4 nitrogen and oxygen atoms in total. The van der Waals surface area contributed by atoms with Crippen molar-refractivity contribution in [3.05, 3.63) is 76.5 Å². The molecular formula is C21H17Cl2NO3. The van der Waals surface area contributed by atoms with E-state index in [-0.39, 0.29) is 5.91 Å². The van der Waals surface area contributed by atoms with Gasteiger partial charge in [0.15, 0.2) is 0 Å². The number of rotatable bonds is 6. The fourth-order valence-corrected chi connectivity index (χ4v) is 2.92. The van der Waals surface area contributed by atoms with E-state index in [0.29, 0.717) is 33.9 Å². The molecule has 0 radical (unpaired) electrons. The maximum atomic E-state index is 12.1. The van der Waals surface area contributed by atoms with Crippen molar-refractivity contribution in [3.8, 4) is 17.1 Å². The van der Waals surface area contributed by atoms with E-state index in [1.807, 2.05) is 6.92 Å². The lowest BCUT2D eigenvalue weighted by Crippen LogP contribution is -2.07. The van der Waals surface area contributed by atoms with Gasteiger partial charge in [-0.05, 0) is 67.6 Å². The summed E-state index contributed by atoms with van der Waals surface area (Å²) in [6.07, 6.45) is 3.00. The van der Waals surface area contributed by atoms with Gasteiger partial charge < -0.3 is 14.5 Å². The SMILES string of the molecule is CCOc1ccc(NC(=O)/C=C/c2ccc(-c3ccc(Cl)cc3Cl)o2)cc1. The van der Waals surface area contributed by atoms with Gasteiger partial charge in [-0.25, -0.2) is 0 Å². The molecule has 1 N–H and O–H groups in total. The molecule has 3 rings (SSSR count). The number of hydrogen-bond donors (Lipinski definition) is 1. The molecule has 1 amide bonds. The summed E-state index contributed by atoms with van der Waals surface area (Å²) in [5.74, 6) is 1.64. The normalized spacial score (nSPS) is 10.9. The third-order valence-corrected chi connectivity index (χ3v) is 4.20. The first-order valence-corrected chi connectivity index (χ1v) is 9.08. The topological polar surface area (TPSA) is 51.5 Å². The predicted octanol–water partition coefficient (Wildman–Crippen LogP) is 6.30. The van der Waals surface area contributed by atoms with Gasteiger partial charge in [0.1, 0.15) is 17.3 Å². The molecule has 0 atom stereocenters. The number of anilines is 1. The number of nitrogens with one attached hydrogen (secondary N) is 1. The molecule has 2 aromatic carbocycles. The number of carbonyl (C=O) groups is 1. The first-order chi connectivity index (χ1) is 13.0. The quantitative estimate of drug-likeness (QED) is 0.492. The molecule has 0 aliphatic carbocycles. The van der Waals surface area contributed by atoms with Gasteiger partial charge in [-0.3, -0.25) is 4.79 Å². The van der Waals surface area contributed by atoms with Crippen LogP contribution >= 0.6 is 23.2 Å². The molecule has 0 unspecified atom stereocenters. The zero-order valence-electron chi connectivity index (χ0n) is 14.5. The fraction of sp³-hybridized carbons (Fsp3) is 0.0952. The number of hydrogen-bond acceptors (Lipinski definition) is 3. The molecule has 0 saturated carbocycles. The number of amides is 1. The summed E-state index contributed by atoms with van der Waals surface area (Å²) >= 11 is 12.1. The molecule has 1 aromatic heterocycles. The van der Waals surface area contributed by atoms with Crippen LogP contribution in [0.1, 0.15) is 12.7 Å². The second-order valence-electron chi connectivity index (χ2n) is 5.61. The molecule has 6 heteroatoms. The molecule has 0 fully saturated rings. The summed E-state index contributed by atoms with van der Waals surface area (Å²) in [5.41, 5.74) is 1.42. The van der Waals surface area contributed by atoms with E-state index >= 15 is 0 Å². The summed E-state index contributed by atoms with van der Waals surface area (Å²) in [6.45, 7) is 2.52. The lowest BCUT2D eigenvalue weighted by Gasteiger charge is -2.05. The van der Waals surface area contributed by atoms with E-state index in [9.17, 15) is 4.79 Å². The number of carbonyl (C=O) groups excluding carboxylic acids is 1. The van der Waals surface area contributed by atoms with Crippen LogP contribution in [-0.4, -0.2) is 12.5 Å². The van der Waals surface area contributed by atoms with Crippen molar-refractivity contribution in [1.29, 1.82) is 0 Å². The third kappa shape index (κ3) is 5.16. The minimum absolute atomic E-state index is 0.262. The summed E-state index contributed by atoms with van der Waals surface area (Å²) in [4.78, 5) is 12.1. The molecule has 1 heterocycles. The van der Waals surface area contributed by atoms with E-state index in [2.05, 4.69) is 5.32 Å². The van der Waals surface area contributed by atoms with Crippen LogP contribution in [0.15, 0.2) is 65.1 Å². The summed E-state index contributed by atoms with van der Waals surface area (Å²) < 4.78 is 11.1. The Labute approximate surface area is 167 Å². The highest BCUT2D eigenvalue weighted by Crippen LogP contribution is 2.31. The second-order valence-corrected chi connectivity index (χ2v) is 6.45. The Morgan fingerprint density at radius 3 is 2.59 bits per heavy atom. The Bertz CT molecular complexity index is 962. The van der Waals surface area contributed by atoms with Crippen molar-refractivity contribution in [3.63, 3.8) is 0 Å². The van der Waals surface area contributed by atoms with Crippen LogP contribution in [0.5, 0.6) is 5.75 Å². The van der Waals surface area contributed by atoms with Gasteiger partial charge >= 0.3 is 0 Å². The van der Waals surface area contributed by atoms with Crippen LogP contribution in [0.25, 0.3) is 17.4 Å². The van der Waals surface area contributed by atoms with Crippen LogP contribution in [0.3, 0.4) is 0 Å². The van der Waals surface area contributed by atoms with E-state index in [4.69, 9.17) is 32.4 Å². The molecule has 0 saturated heterocycles. The number of halogens is 2. The molecule has 138 valence electrons. The first-order valence-electron chi connectivity index (χ1n) is 8.32. The van der Waals surface area contributed by atoms with E-state index in [0.717, 1.165) is 11.3 Å². The molecule has 0 aliphatic rings. The van der Waals surface area contributed by atoms with Gasteiger partial charge in [0.05, 0.1) is 11.6 Å². The zero-order chi connectivity index (χ0) is 19.2. The van der Waals surface area contributed by atoms with E-state index < -0.39 is 0 Å². The third-order valence-electron chi connectivity index (χ3n) is 3.66. The lowest BCUT2D eigenvalue weighted by molar-refractivity contribution is -0.111. The number of benzene rings is 2. The van der Waals surface area contributed by atoms with Crippen molar-refractivity contribution < 1.29 is 13.9 Å². The van der Waals surface area contributed by atoms with Gasteiger partial charge in [-0.1, -0.05) is 23.2 Å². The van der Waals surface area contributed by atoms with Gasteiger partial charge in [0, 0.05) is 22.3 Å². The Hall–Kier alpha value is -2.69. The van der Waals surface area contributed by atoms with Crippen LogP contribution in [0.2, 0.25) is 10.0 Å². The smallest absolute Gasteiger partial charge is 0.248 e. The lowest BCUT2D eigenvalue weighted by atomic mass is 10.2. The average molecular weight is 402 g/mol. The van der Waals surface area contributed by atoms with E-state index in [1.165, 1.54) is 6.08 Å². The largest absolute Gasteiger partial charge is 0.494 e. The highest BCUT2D eigenvalue weighted by atomic mass is 35.5. The van der Waals surface area contributed by atoms with Gasteiger partial charge in [0.25, 0.3) is 0 Å². The van der Waals surface area contributed by atoms with Crippen LogP contribution in [0.4, 0.5) is 5.69 Å². The van der Waals surface area contributed by atoms with Crippen LogP contribution in [-0.2, 0) is 4.79 Å². The molecule has 0 spiro atoms. The van der Waals surface area contributed by atoms with Crippen molar-refractivity contribution in [1.82, 2.24) is 0 Å². The molecule has 27 heavy (non-hydrogen) atoms. The molecule has 0 aliphatic heterocycles. The Morgan fingerprint density at radius 1 is 1.11 bits per heavy atom. The summed E-state index contributed by atoms with van der Waals surface area (Å²) in [7, 11) is 0. The Morgan fingerprint density at radius 2 is 1.89 bits per heavy atom. The fourth-order valence-electron chi connectivity index (χ4n) is 2.42. The summed E-state index contributed by atoms with van der Waals surface area (Å²) in [6, 6.07) is 15.9. The van der Waals surface area contributed by atoms with Gasteiger partial charge in [-0.15, -0.1) is 0 Å². The van der Waals surface area contributed by atoms with Crippen molar-refractivity contribution in [2.45, 2.75) is 6.92 Å². The maximum Gasteiger partial charge on any atom is 0.248 e. The zero-order valence-corrected chi connectivity index (χ0v) is 16.1. The average Bonchev–Trinajstić information content (AvgIpc) is 3.10. The number of furan rings is 1. The predicted molar refractivity (Wildman–Crippen MR) is 109 cm³/mol. The van der Waals surface area contributed by atoms with Crippen molar-refractivity contribution in [2.75, 3.05) is 11.9 Å². The minimum Gasteiger partial charge on any atom is -0.494 e.